The molecule has 1 aromatic carbocycles. The van der Waals surface area contributed by atoms with Crippen LogP contribution in [0.3, 0.4) is 0 Å². The Morgan fingerprint density at radius 2 is 1.85 bits per heavy atom. The Balaban J connectivity index is 2.10. The van der Waals surface area contributed by atoms with Crippen LogP contribution in [-0.4, -0.2) is 14.9 Å². The Kier molecular flexibility index (Phi) is 3.72. The van der Waals surface area contributed by atoms with Crippen LogP contribution in [0.2, 0.25) is 0 Å². The average molecular weight is 351 g/mol. The van der Waals surface area contributed by atoms with Crippen molar-refractivity contribution in [2.45, 2.75) is 32.1 Å². The fourth-order valence-corrected chi connectivity index (χ4v) is 4.08. The zero-order valence-electron chi connectivity index (χ0n) is 15.1. The number of aromatic nitrogens is 2. The van der Waals surface area contributed by atoms with E-state index in [1.165, 1.54) is 11.6 Å². The summed E-state index contributed by atoms with van der Waals surface area (Å²) >= 11 is 0. The van der Waals surface area contributed by atoms with E-state index in [1.807, 2.05) is 31.2 Å². The number of rotatable bonds is 1. The molecule has 1 aliphatic carbocycles. The molecule has 0 spiro atoms. The van der Waals surface area contributed by atoms with Gasteiger partial charge in [0, 0.05) is 37.7 Å². The van der Waals surface area contributed by atoms with Gasteiger partial charge in [-0.3, -0.25) is 18.7 Å². The van der Waals surface area contributed by atoms with Gasteiger partial charge in [-0.1, -0.05) is 29.8 Å². The van der Waals surface area contributed by atoms with Gasteiger partial charge in [-0.25, -0.2) is 4.79 Å². The smallest absolute Gasteiger partial charge is 0.332 e. The van der Waals surface area contributed by atoms with Crippen LogP contribution in [0, 0.1) is 6.92 Å². The molecule has 2 aliphatic rings. The highest BCUT2D eigenvalue weighted by Gasteiger charge is 2.38. The predicted molar refractivity (Wildman–Crippen MR) is 99.5 cm³/mol. The van der Waals surface area contributed by atoms with Crippen LogP contribution in [-0.2, 0) is 18.9 Å². The van der Waals surface area contributed by atoms with Gasteiger partial charge in [0.2, 0.25) is 0 Å². The van der Waals surface area contributed by atoms with Crippen molar-refractivity contribution in [3.8, 4) is 0 Å². The molecule has 0 saturated carbocycles. The number of fused-ring (bicyclic) bond motifs is 1. The summed E-state index contributed by atoms with van der Waals surface area (Å²) in [6.07, 6.45) is 2.01. The molecule has 1 atom stereocenters. The van der Waals surface area contributed by atoms with E-state index in [9.17, 15) is 14.4 Å². The van der Waals surface area contributed by atoms with Crippen molar-refractivity contribution >= 4 is 11.6 Å². The predicted octanol–water partition coefficient (Wildman–Crippen LogP) is 1.96. The summed E-state index contributed by atoms with van der Waals surface area (Å²) in [7, 11) is 3.13. The lowest BCUT2D eigenvalue weighted by atomic mass is 9.76. The molecular formula is C20H21N3O3. The fourth-order valence-electron chi connectivity index (χ4n) is 4.08. The Labute approximate surface area is 150 Å². The monoisotopic (exact) mass is 351 g/mol. The third-order valence-corrected chi connectivity index (χ3v) is 5.38. The maximum absolute atomic E-state index is 13.0. The van der Waals surface area contributed by atoms with Crippen molar-refractivity contribution < 1.29 is 4.79 Å². The second-order valence-corrected chi connectivity index (χ2v) is 7.11. The van der Waals surface area contributed by atoms with E-state index in [-0.39, 0.29) is 17.0 Å². The number of Topliss-reactive ketones (excluding diaryl/α,β-unsaturated/α-hetero) is 1. The maximum Gasteiger partial charge on any atom is 0.332 e. The summed E-state index contributed by atoms with van der Waals surface area (Å²) in [5.74, 6) is 0.129. The van der Waals surface area contributed by atoms with Crippen LogP contribution < -0.4 is 16.6 Å². The van der Waals surface area contributed by atoms with Crippen molar-refractivity contribution in [1.82, 2.24) is 9.13 Å². The third-order valence-electron chi connectivity index (χ3n) is 5.38. The second-order valence-electron chi connectivity index (χ2n) is 7.11. The number of carbonyl (C=O) groups is 1. The highest BCUT2D eigenvalue weighted by Crippen LogP contribution is 2.43. The van der Waals surface area contributed by atoms with E-state index in [2.05, 4.69) is 5.32 Å². The topological polar surface area (TPSA) is 73.1 Å². The summed E-state index contributed by atoms with van der Waals surface area (Å²) < 4.78 is 2.57. The third kappa shape index (κ3) is 2.29. The summed E-state index contributed by atoms with van der Waals surface area (Å²) in [6, 6.07) is 7.88. The quantitative estimate of drug-likeness (QED) is 0.852. The van der Waals surface area contributed by atoms with Gasteiger partial charge in [0.25, 0.3) is 5.56 Å². The van der Waals surface area contributed by atoms with Crippen LogP contribution in [0.5, 0.6) is 0 Å². The number of anilines is 1. The number of allylic oxidation sites excluding steroid dienone is 2. The minimum atomic E-state index is -0.445. The van der Waals surface area contributed by atoms with Crippen LogP contribution in [0.4, 0.5) is 5.82 Å². The lowest BCUT2D eigenvalue weighted by Gasteiger charge is -2.34. The van der Waals surface area contributed by atoms with Crippen LogP contribution in [0.1, 0.15) is 41.9 Å². The second kappa shape index (κ2) is 5.83. The molecule has 6 nitrogen and oxygen atoms in total. The zero-order valence-corrected chi connectivity index (χ0v) is 15.1. The van der Waals surface area contributed by atoms with Gasteiger partial charge in [0.1, 0.15) is 5.82 Å². The van der Waals surface area contributed by atoms with Crippen molar-refractivity contribution in [2.75, 3.05) is 5.32 Å². The van der Waals surface area contributed by atoms with E-state index < -0.39 is 5.92 Å². The van der Waals surface area contributed by atoms with Crippen molar-refractivity contribution in [3.05, 3.63) is 73.1 Å². The van der Waals surface area contributed by atoms with Gasteiger partial charge >= 0.3 is 5.69 Å². The standard InChI is InChI=1S/C20H21N3O3/c1-11-6-4-7-12(10-11)15-16-13(8-5-9-14(16)24)21-18-17(15)19(25)23(3)20(26)22(18)2/h4,6-7,10,15,21H,5,8-9H2,1-3H3. The Morgan fingerprint density at radius 1 is 1.08 bits per heavy atom. The Morgan fingerprint density at radius 3 is 2.58 bits per heavy atom. The van der Waals surface area contributed by atoms with Gasteiger partial charge in [0.05, 0.1) is 5.56 Å². The lowest BCUT2D eigenvalue weighted by molar-refractivity contribution is -0.116. The lowest BCUT2D eigenvalue weighted by Crippen LogP contribution is -2.44. The minimum Gasteiger partial charge on any atom is -0.344 e. The minimum absolute atomic E-state index is 0.0758. The normalized spacial score (nSPS) is 19.0. The Hall–Kier alpha value is -2.89. The van der Waals surface area contributed by atoms with Gasteiger partial charge in [-0.15, -0.1) is 0 Å². The number of benzene rings is 1. The van der Waals surface area contributed by atoms with Gasteiger partial charge in [0.15, 0.2) is 5.78 Å². The van der Waals surface area contributed by atoms with Gasteiger partial charge < -0.3 is 5.32 Å². The molecule has 1 unspecified atom stereocenters. The zero-order chi connectivity index (χ0) is 18.6. The van der Waals surface area contributed by atoms with E-state index in [0.29, 0.717) is 23.4 Å². The molecule has 0 bridgehead atoms. The number of hydrogen-bond acceptors (Lipinski definition) is 4. The molecule has 1 aliphatic heterocycles. The van der Waals surface area contributed by atoms with Gasteiger partial charge in [-0.2, -0.15) is 0 Å². The van der Waals surface area contributed by atoms with Crippen LogP contribution >= 0.6 is 0 Å². The van der Waals surface area contributed by atoms with E-state index in [1.54, 1.807) is 7.05 Å². The first-order valence-electron chi connectivity index (χ1n) is 8.80. The molecule has 0 fully saturated rings. The van der Waals surface area contributed by atoms with E-state index >= 15 is 0 Å². The summed E-state index contributed by atoms with van der Waals surface area (Å²) in [5, 5.41) is 3.23. The molecule has 2 heterocycles. The SMILES string of the molecule is Cc1cccc(C2C3=C(CCCC3=O)Nc3c2c(=O)n(C)c(=O)n3C)c1. The largest absolute Gasteiger partial charge is 0.344 e. The van der Waals surface area contributed by atoms with Crippen molar-refractivity contribution in [1.29, 1.82) is 0 Å². The number of carbonyl (C=O) groups excluding carboxylic acids is 1. The first-order chi connectivity index (χ1) is 12.4. The summed E-state index contributed by atoms with van der Waals surface area (Å²) in [5.41, 5.74) is 3.21. The molecule has 2 aromatic rings. The average Bonchev–Trinajstić information content (AvgIpc) is 2.63. The van der Waals surface area contributed by atoms with Crippen LogP contribution in [0.25, 0.3) is 0 Å². The molecule has 1 N–H and O–H groups in total. The van der Waals surface area contributed by atoms with Crippen molar-refractivity contribution in [2.24, 2.45) is 14.1 Å². The molecular weight excluding hydrogens is 330 g/mol. The molecule has 0 saturated heterocycles. The molecule has 4 rings (SSSR count). The van der Waals surface area contributed by atoms with Crippen molar-refractivity contribution in [3.63, 3.8) is 0 Å². The molecule has 0 amide bonds. The number of nitrogens with zero attached hydrogens (tertiary/aromatic N) is 2. The highest BCUT2D eigenvalue weighted by molar-refractivity contribution is 6.00. The molecule has 134 valence electrons. The first-order valence-corrected chi connectivity index (χ1v) is 8.80. The van der Waals surface area contributed by atoms with Gasteiger partial charge in [-0.05, 0) is 25.3 Å². The number of ketones is 1. The summed E-state index contributed by atoms with van der Waals surface area (Å²) in [4.78, 5) is 38.2. The molecule has 6 heteroatoms. The number of nitrogens with one attached hydrogen (secondary N) is 1. The van der Waals surface area contributed by atoms with E-state index in [4.69, 9.17) is 0 Å². The maximum atomic E-state index is 13.0. The number of aryl methyl sites for hydroxylation is 1. The number of hydrogen-bond donors (Lipinski definition) is 1. The molecule has 0 radical (unpaired) electrons. The first kappa shape index (κ1) is 16.6. The van der Waals surface area contributed by atoms with E-state index in [0.717, 1.165) is 34.2 Å². The Bertz CT molecular complexity index is 1090. The molecule has 26 heavy (non-hydrogen) atoms. The fraction of sp³-hybridized carbons (Fsp3) is 0.350. The van der Waals surface area contributed by atoms with Crippen LogP contribution in [0.15, 0.2) is 45.1 Å². The summed E-state index contributed by atoms with van der Waals surface area (Å²) in [6.45, 7) is 1.99. The molecule has 1 aromatic heterocycles. The highest BCUT2D eigenvalue weighted by atomic mass is 16.2.